The largest absolute Gasteiger partial charge is 0.506 e. The standard InChI is InChI=1S/C9H9Cl2NO/c1-5(12-2)7-3-6(10)4-8(11)9(7)13/h3-4,13H,1-2H3/b12-5-. The second-order valence-electron chi connectivity index (χ2n) is 2.59. The molecule has 4 heteroatoms. The minimum atomic E-state index is 0.0224. The number of nitrogens with zero attached hydrogens (tertiary/aromatic N) is 1. The molecule has 1 aromatic rings. The van der Waals surface area contributed by atoms with Gasteiger partial charge in [-0.1, -0.05) is 23.2 Å². The van der Waals surface area contributed by atoms with E-state index < -0.39 is 0 Å². The number of halogens is 2. The van der Waals surface area contributed by atoms with Crippen LogP contribution in [0, 0.1) is 0 Å². The summed E-state index contributed by atoms with van der Waals surface area (Å²) in [4.78, 5) is 3.94. The summed E-state index contributed by atoms with van der Waals surface area (Å²) in [6, 6.07) is 3.12. The van der Waals surface area contributed by atoms with Crippen LogP contribution in [0.3, 0.4) is 0 Å². The smallest absolute Gasteiger partial charge is 0.143 e. The van der Waals surface area contributed by atoms with Crippen LogP contribution in [0.1, 0.15) is 12.5 Å². The van der Waals surface area contributed by atoms with Crippen LogP contribution < -0.4 is 0 Å². The second-order valence-corrected chi connectivity index (χ2v) is 3.44. The Morgan fingerprint density at radius 2 is 2.00 bits per heavy atom. The molecule has 0 radical (unpaired) electrons. The Morgan fingerprint density at radius 1 is 1.38 bits per heavy atom. The lowest BCUT2D eigenvalue weighted by molar-refractivity contribution is 0.474. The Kier molecular flexibility index (Phi) is 3.17. The maximum absolute atomic E-state index is 9.55. The lowest BCUT2D eigenvalue weighted by Crippen LogP contribution is -1.95. The molecule has 0 amide bonds. The van der Waals surface area contributed by atoms with Gasteiger partial charge >= 0.3 is 0 Å². The molecule has 0 aliphatic heterocycles. The van der Waals surface area contributed by atoms with Crippen molar-refractivity contribution in [2.45, 2.75) is 6.92 Å². The predicted molar refractivity (Wildman–Crippen MR) is 56.3 cm³/mol. The van der Waals surface area contributed by atoms with Gasteiger partial charge in [0.15, 0.2) is 0 Å². The van der Waals surface area contributed by atoms with Crippen molar-refractivity contribution in [3.63, 3.8) is 0 Å². The van der Waals surface area contributed by atoms with Gasteiger partial charge in [0.25, 0.3) is 0 Å². The summed E-state index contributed by atoms with van der Waals surface area (Å²) in [5.41, 5.74) is 1.27. The van der Waals surface area contributed by atoms with E-state index in [0.29, 0.717) is 16.3 Å². The van der Waals surface area contributed by atoms with Crippen LogP contribution in [-0.4, -0.2) is 17.9 Å². The van der Waals surface area contributed by atoms with Gasteiger partial charge in [-0.25, -0.2) is 0 Å². The van der Waals surface area contributed by atoms with Crippen LogP contribution in [0.15, 0.2) is 17.1 Å². The quantitative estimate of drug-likeness (QED) is 0.721. The lowest BCUT2D eigenvalue weighted by Gasteiger charge is -2.05. The Hall–Kier alpha value is -0.730. The minimum absolute atomic E-state index is 0.0224. The first-order valence-electron chi connectivity index (χ1n) is 3.68. The molecule has 0 unspecified atom stereocenters. The SMILES string of the molecule is C/N=C(/C)c1cc(Cl)cc(Cl)c1O. The highest BCUT2D eigenvalue weighted by Gasteiger charge is 2.09. The summed E-state index contributed by atoms with van der Waals surface area (Å²) in [5, 5.41) is 10.3. The van der Waals surface area contributed by atoms with Crippen LogP contribution in [0.25, 0.3) is 0 Å². The van der Waals surface area contributed by atoms with Crippen molar-refractivity contribution in [3.8, 4) is 5.75 Å². The van der Waals surface area contributed by atoms with E-state index in [1.165, 1.54) is 6.07 Å². The number of hydrogen-bond donors (Lipinski definition) is 1. The summed E-state index contributed by atoms with van der Waals surface area (Å²) < 4.78 is 0. The monoisotopic (exact) mass is 217 g/mol. The molecule has 0 atom stereocenters. The van der Waals surface area contributed by atoms with E-state index in [1.54, 1.807) is 20.0 Å². The molecule has 0 aliphatic carbocycles. The van der Waals surface area contributed by atoms with Crippen LogP contribution >= 0.6 is 23.2 Å². The highest BCUT2D eigenvalue weighted by Crippen LogP contribution is 2.31. The van der Waals surface area contributed by atoms with Gasteiger partial charge in [0.05, 0.1) is 5.02 Å². The summed E-state index contributed by atoms with van der Waals surface area (Å²) >= 11 is 11.5. The van der Waals surface area contributed by atoms with Gasteiger partial charge in [-0.3, -0.25) is 4.99 Å². The normalized spacial score (nSPS) is 11.8. The van der Waals surface area contributed by atoms with Crippen LogP contribution in [0.2, 0.25) is 10.0 Å². The Bertz CT molecular complexity index is 361. The van der Waals surface area contributed by atoms with Crippen molar-refractivity contribution >= 4 is 28.9 Å². The van der Waals surface area contributed by atoms with Gasteiger partial charge in [-0.15, -0.1) is 0 Å². The Labute approximate surface area is 86.8 Å². The molecule has 1 aromatic carbocycles. The Morgan fingerprint density at radius 3 is 2.54 bits per heavy atom. The summed E-state index contributed by atoms with van der Waals surface area (Å²) in [6.07, 6.45) is 0. The molecule has 0 heterocycles. The van der Waals surface area contributed by atoms with E-state index in [9.17, 15) is 5.11 Å². The average Bonchev–Trinajstić information content (AvgIpc) is 2.10. The second kappa shape index (κ2) is 3.99. The number of aliphatic imine (C=N–C) groups is 1. The number of aromatic hydroxyl groups is 1. The van der Waals surface area contributed by atoms with Gasteiger partial charge in [-0.2, -0.15) is 0 Å². The molecular formula is C9H9Cl2NO. The lowest BCUT2D eigenvalue weighted by atomic mass is 10.1. The molecule has 0 saturated carbocycles. The third-order valence-electron chi connectivity index (χ3n) is 1.75. The third kappa shape index (κ3) is 2.14. The van der Waals surface area contributed by atoms with Crippen LogP contribution in [-0.2, 0) is 0 Å². The zero-order chi connectivity index (χ0) is 10.0. The third-order valence-corrected chi connectivity index (χ3v) is 2.26. The van der Waals surface area contributed by atoms with E-state index in [2.05, 4.69) is 4.99 Å². The summed E-state index contributed by atoms with van der Waals surface area (Å²) in [5.74, 6) is 0.0224. The maximum atomic E-state index is 9.55. The molecule has 13 heavy (non-hydrogen) atoms. The molecule has 0 saturated heterocycles. The van der Waals surface area contributed by atoms with E-state index in [1.807, 2.05) is 0 Å². The van der Waals surface area contributed by atoms with Gasteiger partial charge in [0.2, 0.25) is 0 Å². The molecule has 0 fully saturated rings. The van der Waals surface area contributed by atoms with Gasteiger partial charge < -0.3 is 5.11 Å². The summed E-state index contributed by atoms with van der Waals surface area (Å²) in [7, 11) is 1.64. The zero-order valence-corrected chi connectivity index (χ0v) is 8.82. The first-order chi connectivity index (χ1) is 6.06. The first kappa shape index (κ1) is 10.4. The van der Waals surface area contributed by atoms with Crippen molar-refractivity contribution in [3.05, 3.63) is 27.7 Å². The van der Waals surface area contributed by atoms with Crippen molar-refractivity contribution < 1.29 is 5.11 Å². The van der Waals surface area contributed by atoms with Crippen LogP contribution in [0.4, 0.5) is 0 Å². The molecule has 0 aromatic heterocycles. The number of hydrogen-bond acceptors (Lipinski definition) is 2. The van der Waals surface area contributed by atoms with Crippen molar-refractivity contribution in [1.82, 2.24) is 0 Å². The number of phenols is 1. The van der Waals surface area contributed by atoms with Gasteiger partial charge in [0, 0.05) is 23.3 Å². The van der Waals surface area contributed by atoms with Crippen LogP contribution in [0.5, 0.6) is 5.75 Å². The van der Waals surface area contributed by atoms with Crippen molar-refractivity contribution in [2.24, 2.45) is 4.99 Å². The summed E-state index contributed by atoms with van der Waals surface area (Å²) in [6.45, 7) is 1.78. The van der Waals surface area contributed by atoms with Crippen molar-refractivity contribution in [1.29, 1.82) is 0 Å². The molecule has 70 valence electrons. The van der Waals surface area contributed by atoms with E-state index in [-0.39, 0.29) is 10.8 Å². The highest BCUT2D eigenvalue weighted by molar-refractivity contribution is 6.36. The molecule has 1 N–H and O–H groups in total. The van der Waals surface area contributed by atoms with Gasteiger partial charge in [0.1, 0.15) is 5.75 Å². The molecule has 2 nitrogen and oxygen atoms in total. The number of benzene rings is 1. The van der Waals surface area contributed by atoms with Gasteiger partial charge in [-0.05, 0) is 19.1 Å². The fourth-order valence-corrected chi connectivity index (χ4v) is 1.46. The fraction of sp³-hybridized carbons (Fsp3) is 0.222. The fourth-order valence-electron chi connectivity index (χ4n) is 0.962. The maximum Gasteiger partial charge on any atom is 0.143 e. The topological polar surface area (TPSA) is 32.6 Å². The minimum Gasteiger partial charge on any atom is -0.506 e. The van der Waals surface area contributed by atoms with E-state index >= 15 is 0 Å². The van der Waals surface area contributed by atoms with Crippen molar-refractivity contribution in [2.75, 3.05) is 7.05 Å². The predicted octanol–water partition coefficient (Wildman–Crippen LogP) is 3.14. The first-order valence-corrected chi connectivity index (χ1v) is 4.43. The Balaban J connectivity index is 3.37. The molecule has 0 aliphatic rings. The van der Waals surface area contributed by atoms with E-state index in [4.69, 9.17) is 23.2 Å². The molecule has 1 rings (SSSR count). The molecular weight excluding hydrogens is 209 g/mol. The molecule has 0 spiro atoms. The highest BCUT2D eigenvalue weighted by atomic mass is 35.5. The number of phenolic OH excluding ortho intramolecular Hbond substituents is 1. The zero-order valence-electron chi connectivity index (χ0n) is 7.31. The average molecular weight is 218 g/mol. The van der Waals surface area contributed by atoms with E-state index in [0.717, 1.165) is 0 Å². The number of rotatable bonds is 1. The molecule has 0 bridgehead atoms.